The maximum absolute atomic E-state index is 10.9. The van der Waals surface area contributed by atoms with Gasteiger partial charge in [-0.1, -0.05) is 6.92 Å². The van der Waals surface area contributed by atoms with E-state index in [1.807, 2.05) is 6.92 Å². The highest BCUT2D eigenvalue weighted by Crippen LogP contribution is 2.13. The summed E-state index contributed by atoms with van der Waals surface area (Å²) < 4.78 is 31.7. The van der Waals surface area contributed by atoms with E-state index in [4.69, 9.17) is 15.6 Å². The number of aliphatic carboxylic acids is 1. The molecule has 0 spiro atoms. The van der Waals surface area contributed by atoms with Crippen LogP contribution in [-0.4, -0.2) is 48.2 Å². The molecule has 0 aromatic heterocycles. The van der Waals surface area contributed by atoms with Crippen LogP contribution in [0.1, 0.15) is 13.3 Å². The second kappa shape index (κ2) is 7.04. The van der Waals surface area contributed by atoms with Gasteiger partial charge in [-0.25, -0.2) is 4.79 Å². The van der Waals surface area contributed by atoms with Crippen LogP contribution in [0.15, 0.2) is 0 Å². The van der Waals surface area contributed by atoms with Crippen LogP contribution >= 0.6 is 0 Å². The summed E-state index contributed by atoms with van der Waals surface area (Å²) in [4.78, 5) is 21.3. The van der Waals surface area contributed by atoms with Crippen molar-refractivity contribution in [2.45, 2.75) is 25.6 Å². The molecule has 0 aromatic carbocycles. The fourth-order valence-corrected chi connectivity index (χ4v) is 0.506. The number of carbonyl (C=O) groups is 2. The Kier molecular flexibility index (Phi) is 7.53. The number of nitrogens with two attached hydrogens (primary N) is 1. The maximum atomic E-state index is 10.9. The zero-order valence-electron chi connectivity index (χ0n) is 9.21. The number of alkyl halides is 3. The van der Waals surface area contributed by atoms with E-state index in [2.05, 4.69) is 0 Å². The summed E-state index contributed by atoms with van der Waals surface area (Å²) in [6.45, 7) is 1.89. The van der Waals surface area contributed by atoms with E-state index >= 15 is 0 Å². The quantitative estimate of drug-likeness (QED) is 0.738. The third-order valence-electron chi connectivity index (χ3n) is 1.44. The standard InChI is InChI=1S/C6H14N2O.C2HF3O2/c1-4-5(7)6(9)8(2)3;3-2(4,5)1(6)7/h5H,4,7H2,1-3H3;(H,6,7)/t5-;/m0./s1. The van der Waals surface area contributed by atoms with E-state index in [1.54, 1.807) is 14.1 Å². The zero-order chi connectivity index (χ0) is 13.5. The van der Waals surface area contributed by atoms with Gasteiger partial charge < -0.3 is 15.7 Å². The lowest BCUT2D eigenvalue weighted by Crippen LogP contribution is -2.39. The average molecular weight is 244 g/mol. The molecule has 0 aromatic rings. The number of likely N-dealkylation sites (N-methyl/N-ethyl adjacent to an activating group) is 1. The number of nitrogens with zero attached hydrogens (tertiary/aromatic N) is 1. The SMILES string of the molecule is CC[C@H](N)C(=O)N(C)C.O=C(O)C(F)(F)F. The molecule has 0 unspecified atom stereocenters. The van der Waals surface area contributed by atoms with Crippen LogP contribution in [0.2, 0.25) is 0 Å². The molecule has 3 N–H and O–H groups in total. The summed E-state index contributed by atoms with van der Waals surface area (Å²) in [6.07, 6.45) is -4.38. The van der Waals surface area contributed by atoms with Crippen LogP contribution in [0, 0.1) is 0 Å². The summed E-state index contributed by atoms with van der Waals surface area (Å²) in [5.74, 6) is -2.76. The van der Waals surface area contributed by atoms with Gasteiger partial charge in [-0.15, -0.1) is 0 Å². The summed E-state index contributed by atoms with van der Waals surface area (Å²) in [5, 5.41) is 7.12. The van der Waals surface area contributed by atoms with Crippen molar-refractivity contribution >= 4 is 11.9 Å². The van der Waals surface area contributed by atoms with Crippen molar-refractivity contribution in [3.63, 3.8) is 0 Å². The predicted molar refractivity (Wildman–Crippen MR) is 50.7 cm³/mol. The highest BCUT2D eigenvalue weighted by Gasteiger charge is 2.38. The van der Waals surface area contributed by atoms with Gasteiger partial charge in [-0.05, 0) is 6.42 Å². The second-order valence-electron chi connectivity index (χ2n) is 3.05. The van der Waals surface area contributed by atoms with Crippen molar-refractivity contribution in [2.75, 3.05) is 14.1 Å². The van der Waals surface area contributed by atoms with Crippen molar-refractivity contribution in [3.8, 4) is 0 Å². The van der Waals surface area contributed by atoms with Crippen LogP contribution in [0.4, 0.5) is 13.2 Å². The van der Waals surface area contributed by atoms with Crippen molar-refractivity contribution in [2.24, 2.45) is 5.73 Å². The maximum Gasteiger partial charge on any atom is 0.490 e. The van der Waals surface area contributed by atoms with E-state index in [0.717, 1.165) is 0 Å². The molecule has 1 amide bonds. The first kappa shape index (κ1) is 17.1. The number of carboxylic acids is 1. The summed E-state index contributed by atoms with van der Waals surface area (Å²) in [7, 11) is 3.41. The minimum absolute atomic E-state index is 0.00231. The Labute approximate surface area is 91.0 Å². The zero-order valence-corrected chi connectivity index (χ0v) is 9.21. The van der Waals surface area contributed by atoms with Crippen molar-refractivity contribution < 1.29 is 27.9 Å². The molecule has 0 fully saturated rings. The van der Waals surface area contributed by atoms with Crippen LogP contribution in [-0.2, 0) is 9.59 Å². The molecule has 96 valence electrons. The minimum atomic E-state index is -5.08. The molecule has 8 heteroatoms. The molecule has 5 nitrogen and oxygen atoms in total. The molecule has 0 saturated heterocycles. The smallest absolute Gasteiger partial charge is 0.475 e. The molecule has 1 atom stereocenters. The van der Waals surface area contributed by atoms with Gasteiger partial charge >= 0.3 is 12.1 Å². The number of amides is 1. The fourth-order valence-electron chi connectivity index (χ4n) is 0.506. The van der Waals surface area contributed by atoms with E-state index in [9.17, 15) is 18.0 Å². The molecule has 0 rings (SSSR count). The number of hydrogen-bond donors (Lipinski definition) is 2. The van der Waals surface area contributed by atoms with Gasteiger partial charge in [0.15, 0.2) is 0 Å². The highest BCUT2D eigenvalue weighted by atomic mass is 19.4. The molecule has 0 aliphatic heterocycles. The first-order valence-corrected chi connectivity index (χ1v) is 4.30. The summed E-state index contributed by atoms with van der Waals surface area (Å²) >= 11 is 0. The summed E-state index contributed by atoms with van der Waals surface area (Å²) in [6, 6.07) is -0.319. The topological polar surface area (TPSA) is 83.6 Å². The van der Waals surface area contributed by atoms with Crippen molar-refractivity contribution in [1.82, 2.24) is 4.90 Å². The molecule has 0 aliphatic carbocycles. The predicted octanol–water partition coefficient (Wildman–Crippen LogP) is 0.445. The minimum Gasteiger partial charge on any atom is -0.475 e. The third-order valence-corrected chi connectivity index (χ3v) is 1.44. The van der Waals surface area contributed by atoms with E-state index in [1.165, 1.54) is 4.90 Å². The Bertz CT molecular complexity index is 241. The van der Waals surface area contributed by atoms with Gasteiger partial charge in [0.1, 0.15) is 0 Å². The first-order valence-electron chi connectivity index (χ1n) is 4.30. The average Bonchev–Trinajstić information content (AvgIpc) is 2.14. The van der Waals surface area contributed by atoms with E-state index in [0.29, 0.717) is 6.42 Å². The second-order valence-corrected chi connectivity index (χ2v) is 3.05. The number of halogens is 3. The lowest BCUT2D eigenvalue weighted by Gasteiger charge is -2.14. The Morgan fingerprint density at radius 1 is 1.38 bits per heavy atom. The van der Waals surface area contributed by atoms with Crippen molar-refractivity contribution in [3.05, 3.63) is 0 Å². The third kappa shape index (κ3) is 8.04. The van der Waals surface area contributed by atoms with Crippen LogP contribution in [0.25, 0.3) is 0 Å². The van der Waals surface area contributed by atoms with Crippen LogP contribution in [0.3, 0.4) is 0 Å². The van der Waals surface area contributed by atoms with E-state index in [-0.39, 0.29) is 11.9 Å². The molecule has 0 radical (unpaired) electrons. The monoisotopic (exact) mass is 244 g/mol. The number of rotatable bonds is 2. The van der Waals surface area contributed by atoms with Gasteiger partial charge in [-0.2, -0.15) is 13.2 Å². The van der Waals surface area contributed by atoms with Crippen LogP contribution < -0.4 is 5.73 Å². The molecule has 0 heterocycles. The lowest BCUT2D eigenvalue weighted by atomic mass is 10.2. The molecule has 0 saturated carbocycles. The lowest BCUT2D eigenvalue weighted by molar-refractivity contribution is -0.192. The first-order chi connectivity index (χ1) is 7.03. The van der Waals surface area contributed by atoms with Gasteiger partial charge in [0.25, 0.3) is 0 Å². The van der Waals surface area contributed by atoms with Gasteiger partial charge in [0.05, 0.1) is 6.04 Å². The normalized spacial score (nSPS) is 12.2. The Morgan fingerprint density at radius 2 is 1.69 bits per heavy atom. The Balaban J connectivity index is 0. The number of carbonyl (C=O) groups excluding carboxylic acids is 1. The van der Waals surface area contributed by atoms with Gasteiger partial charge in [-0.3, -0.25) is 4.79 Å². The molecule has 0 bridgehead atoms. The molecular formula is C8H15F3N2O3. The molecule has 0 aliphatic rings. The summed E-state index contributed by atoms with van der Waals surface area (Å²) in [5.41, 5.74) is 5.43. The highest BCUT2D eigenvalue weighted by molar-refractivity contribution is 5.80. The fraction of sp³-hybridized carbons (Fsp3) is 0.750. The molecule has 16 heavy (non-hydrogen) atoms. The Morgan fingerprint density at radius 3 is 1.75 bits per heavy atom. The van der Waals surface area contributed by atoms with E-state index < -0.39 is 12.1 Å². The number of hydrogen-bond acceptors (Lipinski definition) is 3. The Hall–Kier alpha value is -1.31. The molecular weight excluding hydrogens is 229 g/mol. The van der Waals surface area contributed by atoms with Crippen LogP contribution in [0.5, 0.6) is 0 Å². The van der Waals surface area contributed by atoms with Gasteiger partial charge in [0, 0.05) is 14.1 Å². The van der Waals surface area contributed by atoms with Crippen molar-refractivity contribution in [1.29, 1.82) is 0 Å². The van der Waals surface area contributed by atoms with Gasteiger partial charge in [0.2, 0.25) is 5.91 Å². The number of carboxylic acid groups (broad SMARTS) is 1. The largest absolute Gasteiger partial charge is 0.490 e.